The standard InChI is InChI=1S/C31H32N2O2S3Se2/c1-21(34)37-16-15-32-26-18-25(38-35-2)10-11-27(26)39-29(32)12-8-22-17-23(20-36-19-22)9-13-30-33-14-4-6-24-5-3-7-28(40-30)31(24)33/h3,5,7-13,17-18,29H,4,6,14-16,19-20H2,1-2H3/b12-8+,23-9-,30-13-. The van der Waals surface area contributed by atoms with Gasteiger partial charge in [-0.05, 0) is 0 Å². The molecule has 0 amide bonds. The summed E-state index contributed by atoms with van der Waals surface area (Å²) in [6.45, 7) is 3.67. The summed E-state index contributed by atoms with van der Waals surface area (Å²) in [5, 5.41) is 0.183. The van der Waals surface area contributed by atoms with Gasteiger partial charge in [-0.25, -0.2) is 0 Å². The fraction of sp³-hybridized carbons (Fsp3) is 0.323. The van der Waals surface area contributed by atoms with Gasteiger partial charge in [-0.3, -0.25) is 0 Å². The number of carbonyl (C=O) groups excluding carboxylic acids is 1. The Bertz CT molecular complexity index is 1420. The van der Waals surface area contributed by atoms with Crippen LogP contribution in [0.2, 0.25) is 0 Å². The quantitative estimate of drug-likeness (QED) is 0.284. The van der Waals surface area contributed by atoms with Crippen molar-refractivity contribution in [1.29, 1.82) is 0 Å². The van der Waals surface area contributed by atoms with Gasteiger partial charge < -0.3 is 0 Å². The summed E-state index contributed by atoms with van der Waals surface area (Å²) in [7, 11) is 1.71. The first-order valence-electron chi connectivity index (χ1n) is 13.4. The Hall–Kier alpha value is -1.28. The molecular weight excluding hydrogens is 686 g/mol. The third kappa shape index (κ3) is 6.53. The summed E-state index contributed by atoms with van der Waals surface area (Å²) in [4.78, 5) is 18.1. The predicted molar refractivity (Wildman–Crippen MR) is 177 cm³/mol. The van der Waals surface area contributed by atoms with E-state index in [0.717, 1.165) is 35.2 Å². The van der Waals surface area contributed by atoms with Gasteiger partial charge in [-0.15, -0.1) is 0 Å². The monoisotopic (exact) mass is 720 g/mol. The SMILES string of the molecule is COSc1ccc2c(c1)N(CCSC(C)=O)C(/C=C/C1=CC(=C/C=C3\[Se]c4cccc5c4N3CCC5)/CSC1)[Se]2. The molecule has 1 atom stereocenters. The number of anilines is 2. The van der Waals surface area contributed by atoms with Crippen molar-refractivity contribution in [1.82, 2.24) is 0 Å². The second-order valence-electron chi connectivity index (χ2n) is 9.86. The molecule has 0 spiro atoms. The molecule has 0 aliphatic carbocycles. The zero-order valence-electron chi connectivity index (χ0n) is 22.6. The maximum absolute atomic E-state index is 11.6. The fourth-order valence-corrected chi connectivity index (χ4v) is 12.3. The molecule has 40 heavy (non-hydrogen) atoms. The second-order valence-corrected chi connectivity index (χ2v) is 17.7. The minimum atomic E-state index is 0.183. The number of thioether (sulfide) groups is 2. The van der Waals surface area contributed by atoms with Crippen LogP contribution in [0.3, 0.4) is 0 Å². The van der Waals surface area contributed by atoms with E-state index < -0.39 is 0 Å². The number of carbonyl (C=O) groups is 1. The van der Waals surface area contributed by atoms with Crippen LogP contribution in [-0.4, -0.2) is 77.4 Å². The van der Waals surface area contributed by atoms with Gasteiger partial charge in [0.1, 0.15) is 0 Å². The molecule has 0 bridgehead atoms. The van der Waals surface area contributed by atoms with E-state index in [9.17, 15) is 4.79 Å². The Morgan fingerprint density at radius 3 is 3.00 bits per heavy atom. The molecule has 4 heterocycles. The number of rotatable bonds is 8. The van der Waals surface area contributed by atoms with Crippen LogP contribution in [0.1, 0.15) is 18.9 Å². The Labute approximate surface area is 263 Å². The zero-order chi connectivity index (χ0) is 27.5. The van der Waals surface area contributed by atoms with Gasteiger partial charge in [-0.2, -0.15) is 0 Å². The first kappa shape index (κ1) is 28.8. The molecule has 4 aliphatic rings. The number of para-hydroxylation sites is 1. The van der Waals surface area contributed by atoms with Crippen LogP contribution in [0.5, 0.6) is 0 Å². The molecule has 1 unspecified atom stereocenters. The zero-order valence-corrected chi connectivity index (χ0v) is 28.5. The van der Waals surface area contributed by atoms with E-state index in [0.29, 0.717) is 34.9 Å². The number of hydrogen-bond donors (Lipinski definition) is 0. The average Bonchev–Trinajstić information content (AvgIpc) is 3.50. The Kier molecular flexibility index (Phi) is 9.62. The summed E-state index contributed by atoms with van der Waals surface area (Å²) in [6, 6.07) is 13.5. The van der Waals surface area contributed by atoms with Gasteiger partial charge in [0.2, 0.25) is 0 Å². The third-order valence-electron chi connectivity index (χ3n) is 7.10. The maximum atomic E-state index is 11.6. The van der Waals surface area contributed by atoms with Crippen LogP contribution in [0.4, 0.5) is 11.4 Å². The molecule has 0 fully saturated rings. The normalized spacial score (nSPS) is 21.9. The summed E-state index contributed by atoms with van der Waals surface area (Å²) in [5.74, 6) is 2.93. The van der Waals surface area contributed by atoms with E-state index in [1.165, 1.54) is 73.8 Å². The fourth-order valence-electron chi connectivity index (χ4n) is 5.37. The number of nitrogens with zero attached hydrogens (tertiary/aromatic N) is 2. The van der Waals surface area contributed by atoms with Crippen LogP contribution in [0.15, 0.2) is 87.4 Å². The van der Waals surface area contributed by atoms with Gasteiger partial charge in [0.05, 0.1) is 0 Å². The van der Waals surface area contributed by atoms with Crippen LogP contribution >= 0.6 is 35.6 Å². The minimum absolute atomic E-state index is 0.183. The van der Waals surface area contributed by atoms with E-state index >= 15 is 0 Å². The molecule has 0 saturated heterocycles. The van der Waals surface area contributed by atoms with Crippen molar-refractivity contribution in [3.8, 4) is 0 Å². The van der Waals surface area contributed by atoms with Crippen molar-refractivity contribution in [3.05, 3.63) is 88.1 Å². The Morgan fingerprint density at radius 1 is 1.20 bits per heavy atom. The van der Waals surface area contributed by atoms with Gasteiger partial charge in [-0.1, -0.05) is 0 Å². The van der Waals surface area contributed by atoms with Crippen LogP contribution in [-0.2, 0) is 15.4 Å². The predicted octanol–water partition coefficient (Wildman–Crippen LogP) is 4.89. The van der Waals surface area contributed by atoms with E-state index in [1.807, 2.05) is 11.8 Å². The van der Waals surface area contributed by atoms with Gasteiger partial charge in [0, 0.05) is 0 Å². The topological polar surface area (TPSA) is 32.8 Å². The molecule has 2 aromatic rings. The summed E-state index contributed by atoms with van der Waals surface area (Å²) < 4.78 is 9.78. The summed E-state index contributed by atoms with van der Waals surface area (Å²) in [6.07, 6.45) is 14.4. The van der Waals surface area contributed by atoms with Crippen molar-refractivity contribution < 1.29 is 8.98 Å². The van der Waals surface area contributed by atoms with Crippen molar-refractivity contribution in [2.75, 3.05) is 47.3 Å². The first-order valence-corrected chi connectivity index (χ1v) is 19.9. The van der Waals surface area contributed by atoms with Crippen LogP contribution < -0.4 is 18.7 Å². The van der Waals surface area contributed by atoms with Crippen LogP contribution in [0, 0.1) is 0 Å². The molecule has 208 valence electrons. The molecule has 0 saturated carbocycles. The molecule has 4 nitrogen and oxygen atoms in total. The Morgan fingerprint density at radius 2 is 2.12 bits per heavy atom. The molecule has 0 N–H and O–H groups in total. The first-order chi connectivity index (χ1) is 19.6. The van der Waals surface area contributed by atoms with E-state index in [-0.39, 0.29) is 5.12 Å². The van der Waals surface area contributed by atoms with Gasteiger partial charge in [0.15, 0.2) is 0 Å². The Balaban J connectivity index is 1.18. The van der Waals surface area contributed by atoms with Crippen molar-refractivity contribution in [3.63, 3.8) is 0 Å². The average molecular weight is 719 g/mol. The molecule has 2 aromatic carbocycles. The number of benzene rings is 2. The molecular formula is C31H32N2O2S3Se2. The summed E-state index contributed by atoms with van der Waals surface area (Å²) in [5.41, 5.74) is 7.13. The van der Waals surface area contributed by atoms with Crippen molar-refractivity contribution in [2.24, 2.45) is 0 Å². The number of hydrogen-bond acceptors (Lipinski definition) is 7. The molecule has 6 rings (SSSR count). The van der Waals surface area contributed by atoms with Gasteiger partial charge >= 0.3 is 265 Å². The van der Waals surface area contributed by atoms with E-state index in [1.54, 1.807) is 18.5 Å². The second kappa shape index (κ2) is 13.4. The van der Waals surface area contributed by atoms with E-state index in [4.69, 9.17) is 4.18 Å². The number of fused-ring (bicyclic) bond motifs is 1. The third-order valence-corrected chi connectivity index (χ3v) is 14.5. The van der Waals surface area contributed by atoms with E-state index in [2.05, 4.69) is 76.6 Å². The van der Waals surface area contributed by atoms with Crippen LogP contribution in [0.25, 0.3) is 0 Å². The van der Waals surface area contributed by atoms with Crippen molar-refractivity contribution in [2.45, 2.75) is 29.6 Å². The molecule has 4 aliphatic heterocycles. The summed E-state index contributed by atoms with van der Waals surface area (Å²) >= 11 is 5.54. The van der Waals surface area contributed by atoms with Crippen molar-refractivity contribution >= 4 is 90.9 Å². The molecule has 0 radical (unpaired) electrons. The molecule has 0 aromatic heterocycles. The number of aryl methyl sites for hydroxylation is 1. The van der Waals surface area contributed by atoms with Gasteiger partial charge in [0.25, 0.3) is 0 Å². The number of allylic oxidation sites excluding steroid dienone is 4. The molecule has 9 heteroatoms.